The summed E-state index contributed by atoms with van der Waals surface area (Å²) < 4.78 is 55.8. The van der Waals surface area contributed by atoms with Crippen molar-refractivity contribution >= 4 is 29.9 Å². The van der Waals surface area contributed by atoms with Gasteiger partial charge in [0.25, 0.3) is 0 Å². The van der Waals surface area contributed by atoms with Crippen LogP contribution in [0.25, 0.3) is 0 Å². The van der Waals surface area contributed by atoms with Crippen LogP contribution in [0.3, 0.4) is 0 Å². The van der Waals surface area contributed by atoms with Gasteiger partial charge in [0.2, 0.25) is 0 Å². The quantitative estimate of drug-likeness (QED) is 0.329. The van der Waals surface area contributed by atoms with E-state index in [1.807, 2.05) is 23.1 Å². The van der Waals surface area contributed by atoms with Crippen LogP contribution in [0.2, 0.25) is 0 Å². The van der Waals surface area contributed by atoms with Crippen LogP contribution in [-0.2, 0) is 17.5 Å². The lowest BCUT2D eigenvalue weighted by atomic mass is 10.0. The van der Waals surface area contributed by atoms with Crippen molar-refractivity contribution in [1.82, 2.24) is 10.2 Å². The lowest BCUT2D eigenvalue weighted by Gasteiger charge is -2.35. The zero-order chi connectivity index (χ0) is 22.4. The van der Waals surface area contributed by atoms with Gasteiger partial charge in [0.05, 0.1) is 32.9 Å². The van der Waals surface area contributed by atoms with E-state index in [4.69, 9.17) is 14.2 Å². The van der Waals surface area contributed by atoms with Crippen LogP contribution < -0.4 is 14.8 Å². The number of para-hydroxylation sites is 1. The number of aliphatic imine (C=N–C) groups is 1. The van der Waals surface area contributed by atoms with Crippen molar-refractivity contribution in [3.63, 3.8) is 0 Å². The molecule has 1 heterocycles. The minimum absolute atomic E-state index is 0. The molecule has 0 aromatic heterocycles. The van der Waals surface area contributed by atoms with E-state index in [-0.39, 0.29) is 24.0 Å². The third-order valence-corrected chi connectivity index (χ3v) is 5.08. The van der Waals surface area contributed by atoms with Crippen molar-refractivity contribution in [1.29, 1.82) is 0 Å². The summed E-state index contributed by atoms with van der Waals surface area (Å²) in [5, 5.41) is 3.29. The molecule has 0 saturated carbocycles. The Balaban J connectivity index is 0.00000363. The monoisotopic (exact) mass is 565 g/mol. The molecule has 0 bridgehead atoms. The zero-order valence-electron chi connectivity index (χ0n) is 18.1. The highest BCUT2D eigenvalue weighted by molar-refractivity contribution is 14.0. The molecule has 176 valence electrons. The van der Waals surface area contributed by atoms with E-state index in [9.17, 15) is 13.2 Å². The van der Waals surface area contributed by atoms with Gasteiger partial charge in [0.1, 0.15) is 6.10 Å². The van der Waals surface area contributed by atoms with Crippen LogP contribution in [0.15, 0.2) is 47.5 Å². The number of morpholine rings is 1. The molecule has 1 aliphatic rings. The normalized spacial score (nSPS) is 16.9. The summed E-state index contributed by atoms with van der Waals surface area (Å²) in [4.78, 5) is 6.31. The fourth-order valence-electron chi connectivity index (χ4n) is 3.56. The van der Waals surface area contributed by atoms with Crippen molar-refractivity contribution in [3.05, 3.63) is 59.2 Å². The first-order valence-electron chi connectivity index (χ1n) is 9.81. The number of halogens is 4. The van der Waals surface area contributed by atoms with E-state index in [2.05, 4.69) is 10.3 Å². The van der Waals surface area contributed by atoms with Crippen molar-refractivity contribution in [2.24, 2.45) is 4.99 Å². The van der Waals surface area contributed by atoms with E-state index in [1.165, 1.54) is 6.07 Å². The molecule has 1 N–H and O–H groups in total. The van der Waals surface area contributed by atoms with Gasteiger partial charge in [-0.15, -0.1) is 24.0 Å². The van der Waals surface area contributed by atoms with Gasteiger partial charge in [0.15, 0.2) is 17.5 Å². The molecule has 1 atom stereocenters. The van der Waals surface area contributed by atoms with Crippen LogP contribution in [0.5, 0.6) is 11.5 Å². The van der Waals surface area contributed by atoms with Gasteiger partial charge in [-0.05, 0) is 23.8 Å². The average molecular weight is 565 g/mol. The maximum absolute atomic E-state index is 13.1. The molecule has 1 unspecified atom stereocenters. The number of rotatable bonds is 5. The maximum Gasteiger partial charge on any atom is 0.416 e. The summed E-state index contributed by atoms with van der Waals surface area (Å²) in [7, 11) is 4.83. The SMILES string of the molecule is CN=C(NCc1cccc(OC)c1OC)N1CCOC(c2cccc(C(F)(F)F)c2)C1.I. The first-order valence-corrected chi connectivity index (χ1v) is 9.81. The minimum atomic E-state index is -4.39. The molecule has 6 nitrogen and oxygen atoms in total. The molecular weight excluding hydrogens is 538 g/mol. The van der Waals surface area contributed by atoms with E-state index >= 15 is 0 Å². The van der Waals surface area contributed by atoms with Gasteiger partial charge in [-0.2, -0.15) is 13.2 Å². The Hall–Kier alpha value is -2.21. The molecule has 2 aromatic rings. The maximum atomic E-state index is 13.1. The summed E-state index contributed by atoms with van der Waals surface area (Å²) in [5.41, 5.74) is 0.702. The van der Waals surface area contributed by atoms with Crippen LogP contribution >= 0.6 is 24.0 Å². The molecule has 10 heteroatoms. The highest BCUT2D eigenvalue weighted by atomic mass is 127. The van der Waals surface area contributed by atoms with Crippen LogP contribution in [0, 0.1) is 0 Å². The number of methoxy groups -OCH3 is 2. The van der Waals surface area contributed by atoms with Crippen LogP contribution in [-0.4, -0.2) is 51.8 Å². The Bertz CT molecular complexity index is 925. The second-order valence-electron chi connectivity index (χ2n) is 6.98. The molecule has 0 spiro atoms. The number of benzene rings is 2. The fourth-order valence-corrected chi connectivity index (χ4v) is 3.56. The van der Waals surface area contributed by atoms with E-state index in [0.29, 0.717) is 49.3 Å². The molecule has 0 aliphatic carbocycles. The third kappa shape index (κ3) is 6.18. The number of guanidine groups is 1. The third-order valence-electron chi connectivity index (χ3n) is 5.08. The average Bonchev–Trinajstić information content (AvgIpc) is 2.79. The van der Waals surface area contributed by atoms with Gasteiger partial charge < -0.3 is 24.4 Å². The Labute approximate surface area is 202 Å². The first-order chi connectivity index (χ1) is 14.9. The molecule has 32 heavy (non-hydrogen) atoms. The van der Waals surface area contributed by atoms with Gasteiger partial charge in [-0.1, -0.05) is 24.3 Å². The number of nitrogens with one attached hydrogen (secondary N) is 1. The minimum Gasteiger partial charge on any atom is -0.493 e. The Morgan fingerprint density at radius 3 is 2.59 bits per heavy atom. The molecule has 0 amide bonds. The molecule has 0 radical (unpaired) electrons. The van der Waals surface area contributed by atoms with Crippen molar-refractivity contribution in [2.45, 2.75) is 18.8 Å². The second-order valence-corrected chi connectivity index (χ2v) is 6.98. The van der Waals surface area contributed by atoms with E-state index in [0.717, 1.165) is 17.7 Å². The molecule has 3 rings (SSSR count). The number of hydrogen-bond donors (Lipinski definition) is 1. The molecule has 1 aliphatic heterocycles. The predicted octanol–water partition coefficient (Wildman–Crippen LogP) is 4.49. The lowest BCUT2D eigenvalue weighted by Crippen LogP contribution is -2.48. The number of ether oxygens (including phenoxy) is 3. The summed E-state index contributed by atoms with van der Waals surface area (Å²) >= 11 is 0. The van der Waals surface area contributed by atoms with Gasteiger partial charge in [-0.25, -0.2) is 0 Å². The summed E-state index contributed by atoms with van der Waals surface area (Å²) in [6.45, 7) is 1.78. The first kappa shape index (κ1) is 26.0. The van der Waals surface area contributed by atoms with Crippen molar-refractivity contribution in [3.8, 4) is 11.5 Å². The Morgan fingerprint density at radius 2 is 1.94 bits per heavy atom. The Morgan fingerprint density at radius 1 is 1.19 bits per heavy atom. The van der Waals surface area contributed by atoms with Gasteiger partial charge in [-0.3, -0.25) is 4.99 Å². The number of hydrogen-bond acceptors (Lipinski definition) is 4. The van der Waals surface area contributed by atoms with Crippen molar-refractivity contribution in [2.75, 3.05) is 41.0 Å². The van der Waals surface area contributed by atoms with E-state index in [1.54, 1.807) is 27.3 Å². The fraction of sp³-hybridized carbons (Fsp3) is 0.409. The highest BCUT2D eigenvalue weighted by Gasteiger charge is 2.32. The molecule has 1 saturated heterocycles. The van der Waals surface area contributed by atoms with Gasteiger partial charge in [0, 0.05) is 25.7 Å². The predicted molar refractivity (Wildman–Crippen MR) is 127 cm³/mol. The molecule has 2 aromatic carbocycles. The highest BCUT2D eigenvalue weighted by Crippen LogP contribution is 2.33. The standard InChI is InChI=1S/C22H26F3N3O3.HI/c1-26-21(27-13-16-7-5-9-18(29-2)20(16)30-3)28-10-11-31-19(14-28)15-6-4-8-17(12-15)22(23,24)25;/h4-9,12,19H,10-11,13-14H2,1-3H3,(H,26,27);1H. The largest absolute Gasteiger partial charge is 0.493 e. The van der Waals surface area contributed by atoms with Crippen molar-refractivity contribution < 1.29 is 27.4 Å². The zero-order valence-corrected chi connectivity index (χ0v) is 20.4. The summed E-state index contributed by atoms with van der Waals surface area (Å²) in [6.07, 6.45) is -4.88. The summed E-state index contributed by atoms with van der Waals surface area (Å²) in [6, 6.07) is 10.9. The number of nitrogens with zero attached hydrogens (tertiary/aromatic N) is 2. The molecule has 1 fully saturated rings. The van der Waals surface area contributed by atoms with Gasteiger partial charge >= 0.3 is 6.18 Å². The molecular formula is C22H27F3IN3O3. The van der Waals surface area contributed by atoms with Crippen LogP contribution in [0.4, 0.5) is 13.2 Å². The van der Waals surface area contributed by atoms with Crippen LogP contribution in [0.1, 0.15) is 22.8 Å². The van der Waals surface area contributed by atoms with E-state index < -0.39 is 17.8 Å². The summed E-state index contributed by atoms with van der Waals surface area (Å²) in [5.74, 6) is 1.90. The topological polar surface area (TPSA) is 55.3 Å². The second kappa shape index (κ2) is 11.6. The number of alkyl halides is 3. The smallest absolute Gasteiger partial charge is 0.416 e. The lowest BCUT2D eigenvalue weighted by molar-refractivity contribution is -0.137. The Kier molecular flexibility index (Phi) is 9.44.